The van der Waals surface area contributed by atoms with E-state index in [9.17, 15) is 18.0 Å². The van der Waals surface area contributed by atoms with Crippen molar-refractivity contribution in [3.05, 3.63) is 89.7 Å². The molecule has 3 aromatic carbocycles. The number of hydrogen-bond acceptors (Lipinski definition) is 5. The molecule has 2 amide bonds. The van der Waals surface area contributed by atoms with Gasteiger partial charge in [0.25, 0.3) is 0 Å². The number of ether oxygens (including phenoxy) is 1. The summed E-state index contributed by atoms with van der Waals surface area (Å²) in [5, 5.41) is 5.10. The predicted molar refractivity (Wildman–Crippen MR) is 164 cm³/mol. The van der Waals surface area contributed by atoms with Gasteiger partial charge in [-0.25, -0.2) is 19.5 Å². The van der Waals surface area contributed by atoms with Crippen LogP contribution in [0.15, 0.2) is 83.0 Å². The zero-order chi connectivity index (χ0) is 30.6. The number of aliphatic imine (C=N–C) groups is 2. The summed E-state index contributed by atoms with van der Waals surface area (Å²) in [7, 11) is 0. The number of urea groups is 1. The molecule has 1 aromatic heterocycles. The van der Waals surface area contributed by atoms with E-state index in [2.05, 4.69) is 55.7 Å². The van der Waals surface area contributed by atoms with E-state index in [-0.39, 0.29) is 11.7 Å². The Morgan fingerprint density at radius 2 is 1.74 bits per heavy atom. The second-order valence-electron chi connectivity index (χ2n) is 10.0. The number of para-hydroxylation sites is 1. The molecule has 0 spiro atoms. The number of aryl methyl sites for hydroxylation is 2. The first kappa shape index (κ1) is 30.0. The van der Waals surface area contributed by atoms with Crippen molar-refractivity contribution in [2.45, 2.75) is 39.5 Å². The second kappa shape index (κ2) is 12.8. The van der Waals surface area contributed by atoms with Crippen molar-refractivity contribution in [3.63, 3.8) is 0 Å². The van der Waals surface area contributed by atoms with Crippen molar-refractivity contribution in [2.75, 3.05) is 17.2 Å². The quantitative estimate of drug-likeness (QED) is 0.209. The van der Waals surface area contributed by atoms with Crippen LogP contribution in [0.2, 0.25) is 0 Å². The van der Waals surface area contributed by atoms with E-state index in [1.807, 2.05) is 37.3 Å². The Morgan fingerprint density at radius 3 is 2.42 bits per heavy atom. The number of halogens is 3. The molecule has 0 radical (unpaired) electrons. The lowest BCUT2D eigenvalue weighted by Gasteiger charge is -2.31. The molecule has 1 saturated heterocycles. The molecule has 5 rings (SSSR count). The van der Waals surface area contributed by atoms with E-state index >= 15 is 0 Å². The number of nitrogens with zero attached hydrogens (tertiary/aromatic N) is 6. The standard InChI is InChI=1S/C31H29F3N6O2S/c1-20-6-4-7-21(2)27(20)39-16-5-17-43-30(39)37-29(41)35-18-22(3)23-8-10-24(11-9-23)28-36-19-40(38-28)25-12-14-26(15-13-25)42-31(32,33)34/h4,6-15,18-19,22H,5,16-17H2,1-3H3. The Bertz CT molecular complexity index is 1630. The molecular weight excluding hydrogens is 577 g/mol. The highest BCUT2D eigenvalue weighted by Crippen LogP contribution is 2.31. The Morgan fingerprint density at radius 1 is 1.05 bits per heavy atom. The lowest BCUT2D eigenvalue weighted by atomic mass is 10.0. The highest BCUT2D eigenvalue weighted by Gasteiger charge is 2.31. The normalized spacial score (nSPS) is 15.7. The molecule has 43 heavy (non-hydrogen) atoms. The molecule has 0 N–H and O–H groups in total. The molecule has 1 atom stereocenters. The van der Waals surface area contributed by atoms with Crippen LogP contribution in [-0.4, -0.2) is 50.8 Å². The summed E-state index contributed by atoms with van der Waals surface area (Å²) in [6, 6.07) is 18.5. The summed E-state index contributed by atoms with van der Waals surface area (Å²) in [6.07, 6.45) is -0.668. The van der Waals surface area contributed by atoms with Gasteiger partial charge < -0.3 is 9.64 Å². The van der Waals surface area contributed by atoms with Crippen molar-refractivity contribution in [1.29, 1.82) is 0 Å². The van der Waals surface area contributed by atoms with Gasteiger partial charge in [-0.15, -0.1) is 18.3 Å². The average Bonchev–Trinajstić information content (AvgIpc) is 3.47. The number of rotatable bonds is 6. The number of amidine groups is 1. The topological polar surface area (TPSA) is 85.0 Å². The number of aromatic nitrogens is 3. The number of alkyl halides is 3. The van der Waals surface area contributed by atoms with Gasteiger partial charge in [0.1, 0.15) is 12.1 Å². The summed E-state index contributed by atoms with van der Waals surface area (Å²) in [5.74, 6) is 0.894. The van der Waals surface area contributed by atoms with E-state index in [0.717, 1.165) is 46.7 Å². The highest BCUT2D eigenvalue weighted by molar-refractivity contribution is 8.14. The molecule has 0 bridgehead atoms. The minimum absolute atomic E-state index is 0.144. The largest absolute Gasteiger partial charge is 0.573 e. The van der Waals surface area contributed by atoms with E-state index in [4.69, 9.17) is 0 Å². The van der Waals surface area contributed by atoms with Gasteiger partial charge in [0.05, 0.1) is 5.69 Å². The minimum atomic E-state index is -4.75. The van der Waals surface area contributed by atoms with Gasteiger partial charge in [-0.2, -0.15) is 4.99 Å². The number of hydrogen-bond donors (Lipinski definition) is 0. The van der Waals surface area contributed by atoms with Crippen LogP contribution >= 0.6 is 11.8 Å². The minimum Gasteiger partial charge on any atom is -0.406 e. The van der Waals surface area contributed by atoms with Crippen LogP contribution in [0, 0.1) is 13.8 Å². The summed E-state index contributed by atoms with van der Waals surface area (Å²) in [4.78, 5) is 27.6. The maximum Gasteiger partial charge on any atom is 0.573 e. The SMILES string of the molecule is Cc1cccc(C)c1N1CCCSC1=NC(=O)N=CC(C)c1ccc(-c2ncn(-c3ccc(OC(F)(F)F)cc3)n2)cc1. The molecule has 2 heterocycles. The van der Waals surface area contributed by atoms with Crippen molar-refractivity contribution in [2.24, 2.45) is 9.98 Å². The van der Waals surface area contributed by atoms with Crippen molar-refractivity contribution < 1.29 is 22.7 Å². The van der Waals surface area contributed by atoms with E-state index in [0.29, 0.717) is 16.7 Å². The summed E-state index contributed by atoms with van der Waals surface area (Å²) < 4.78 is 42.6. The molecule has 12 heteroatoms. The lowest BCUT2D eigenvalue weighted by Crippen LogP contribution is -2.35. The number of anilines is 1. The van der Waals surface area contributed by atoms with Crippen LogP contribution in [0.5, 0.6) is 5.75 Å². The van der Waals surface area contributed by atoms with Gasteiger partial charge in [0, 0.05) is 35.7 Å². The molecule has 0 saturated carbocycles. The van der Waals surface area contributed by atoms with Gasteiger partial charge in [0.2, 0.25) is 0 Å². The van der Waals surface area contributed by atoms with Gasteiger partial charge in [-0.05, 0) is 61.2 Å². The first-order valence-corrected chi connectivity index (χ1v) is 14.6. The molecule has 8 nitrogen and oxygen atoms in total. The van der Waals surface area contributed by atoms with Gasteiger partial charge in [-0.3, -0.25) is 0 Å². The Kier molecular flexibility index (Phi) is 8.95. The maximum atomic E-state index is 12.7. The van der Waals surface area contributed by atoms with E-state index in [1.165, 1.54) is 35.3 Å². The van der Waals surface area contributed by atoms with Crippen LogP contribution in [-0.2, 0) is 0 Å². The Balaban J connectivity index is 1.23. The lowest BCUT2D eigenvalue weighted by molar-refractivity contribution is -0.274. The molecular formula is C31H29F3N6O2S. The molecule has 0 aliphatic carbocycles. The third kappa shape index (κ3) is 7.50. The van der Waals surface area contributed by atoms with Crippen molar-refractivity contribution in [1.82, 2.24) is 14.8 Å². The molecule has 1 fully saturated rings. The molecule has 222 valence electrons. The van der Waals surface area contributed by atoms with Gasteiger partial charge in [-0.1, -0.05) is 61.2 Å². The number of carbonyl (C=O) groups excluding carboxylic acids is 1. The fraction of sp³-hybridized carbons (Fsp3) is 0.258. The average molecular weight is 607 g/mol. The number of benzene rings is 3. The zero-order valence-corrected chi connectivity index (χ0v) is 24.6. The predicted octanol–water partition coefficient (Wildman–Crippen LogP) is 7.74. The summed E-state index contributed by atoms with van der Waals surface area (Å²) in [6.45, 7) is 6.86. The Labute approximate surface area is 251 Å². The second-order valence-corrected chi connectivity index (χ2v) is 11.1. The number of carbonyl (C=O) groups is 1. The molecule has 1 unspecified atom stereocenters. The van der Waals surface area contributed by atoms with Crippen LogP contribution < -0.4 is 9.64 Å². The third-order valence-corrected chi connectivity index (χ3v) is 7.88. The van der Waals surface area contributed by atoms with Crippen LogP contribution in [0.1, 0.15) is 36.0 Å². The van der Waals surface area contributed by atoms with E-state index < -0.39 is 12.4 Å². The van der Waals surface area contributed by atoms with Crippen LogP contribution in [0.4, 0.5) is 23.7 Å². The highest BCUT2D eigenvalue weighted by atomic mass is 32.2. The smallest absolute Gasteiger partial charge is 0.406 e. The monoisotopic (exact) mass is 606 g/mol. The van der Waals surface area contributed by atoms with Crippen LogP contribution in [0.25, 0.3) is 17.1 Å². The molecule has 4 aromatic rings. The first-order valence-electron chi connectivity index (χ1n) is 13.6. The van der Waals surface area contributed by atoms with E-state index in [1.54, 1.807) is 18.0 Å². The fourth-order valence-electron chi connectivity index (χ4n) is 4.72. The first-order chi connectivity index (χ1) is 20.6. The van der Waals surface area contributed by atoms with Gasteiger partial charge in [0.15, 0.2) is 11.0 Å². The zero-order valence-electron chi connectivity index (χ0n) is 23.7. The van der Waals surface area contributed by atoms with Gasteiger partial charge >= 0.3 is 12.4 Å². The van der Waals surface area contributed by atoms with Crippen LogP contribution in [0.3, 0.4) is 0 Å². The number of amides is 2. The Hall–Kier alpha value is -4.45. The third-order valence-electron chi connectivity index (χ3n) is 6.82. The van der Waals surface area contributed by atoms with Crippen molar-refractivity contribution >= 4 is 34.9 Å². The molecule has 1 aliphatic heterocycles. The summed E-state index contributed by atoms with van der Waals surface area (Å²) >= 11 is 1.57. The number of thioether (sulfide) groups is 1. The summed E-state index contributed by atoms with van der Waals surface area (Å²) in [5.41, 5.74) is 5.60. The fourth-order valence-corrected chi connectivity index (χ4v) is 5.66. The maximum absolute atomic E-state index is 12.7. The van der Waals surface area contributed by atoms with Crippen molar-refractivity contribution in [3.8, 4) is 22.8 Å². The molecule has 1 aliphatic rings.